The van der Waals surface area contributed by atoms with Crippen molar-refractivity contribution in [2.24, 2.45) is 11.3 Å². The third-order valence-corrected chi connectivity index (χ3v) is 2.71. The van der Waals surface area contributed by atoms with Gasteiger partial charge in [-0.2, -0.15) is 0 Å². The smallest absolute Gasteiger partial charge is 0.0511 e. The molecule has 1 saturated carbocycles. The van der Waals surface area contributed by atoms with Crippen LogP contribution < -0.4 is 5.32 Å². The largest absolute Gasteiger partial charge is 0.384 e. The average Bonchev–Trinajstić information content (AvgIpc) is 2.36. The molecule has 1 fully saturated rings. The predicted octanol–water partition coefficient (Wildman–Crippen LogP) is 0.877. The molecule has 0 amide bonds. The summed E-state index contributed by atoms with van der Waals surface area (Å²) in [5.41, 5.74) is 0.449. The third kappa shape index (κ3) is 1.06. The summed E-state index contributed by atoms with van der Waals surface area (Å²) in [6.45, 7) is 5.44. The highest BCUT2D eigenvalue weighted by Gasteiger charge is 2.56. The number of rotatable bonds is 3. The highest BCUT2D eigenvalue weighted by molar-refractivity contribution is 5.09. The van der Waals surface area contributed by atoms with Gasteiger partial charge in [-0.3, -0.25) is 0 Å². The molecule has 10 heavy (non-hydrogen) atoms. The fraction of sp³-hybridized carbons (Fsp3) is 1.00. The fourth-order valence-corrected chi connectivity index (χ4v) is 1.81. The molecule has 60 valence electrons. The summed E-state index contributed by atoms with van der Waals surface area (Å²) in [6.07, 6.45) is 0. The maximum atomic E-state index is 5.09. The Kier molecular flexibility index (Phi) is 2.02. The lowest BCUT2D eigenvalue weighted by molar-refractivity contribution is 0.173. The number of methoxy groups -OCH3 is 1. The van der Waals surface area contributed by atoms with Crippen LogP contribution in [0.15, 0.2) is 0 Å². The number of hydrogen-bond donors (Lipinski definition) is 1. The van der Waals surface area contributed by atoms with Crippen molar-refractivity contribution in [1.29, 1.82) is 0 Å². The minimum absolute atomic E-state index is 0.449. The van der Waals surface area contributed by atoms with Crippen molar-refractivity contribution in [2.45, 2.75) is 19.9 Å². The first-order chi connectivity index (χ1) is 4.64. The van der Waals surface area contributed by atoms with Crippen LogP contribution in [0.2, 0.25) is 0 Å². The Hall–Kier alpha value is -0.0800. The van der Waals surface area contributed by atoms with Crippen LogP contribution in [0.5, 0.6) is 0 Å². The van der Waals surface area contributed by atoms with Crippen molar-refractivity contribution >= 4 is 0 Å². The molecule has 2 unspecified atom stereocenters. The van der Waals surface area contributed by atoms with Crippen LogP contribution in [0.1, 0.15) is 13.8 Å². The van der Waals surface area contributed by atoms with E-state index in [1.807, 2.05) is 7.05 Å². The van der Waals surface area contributed by atoms with Gasteiger partial charge in [-0.1, -0.05) is 13.8 Å². The highest BCUT2D eigenvalue weighted by atomic mass is 16.5. The predicted molar refractivity (Wildman–Crippen MR) is 42.0 cm³/mol. The minimum Gasteiger partial charge on any atom is -0.384 e. The van der Waals surface area contributed by atoms with E-state index in [0.29, 0.717) is 17.4 Å². The van der Waals surface area contributed by atoms with Crippen LogP contribution in [0.4, 0.5) is 0 Å². The third-order valence-electron chi connectivity index (χ3n) is 2.71. The van der Waals surface area contributed by atoms with Crippen molar-refractivity contribution < 1.29 is 4.74 Å². The Bertz CT molecular complexity index is 122. The van der Waals surface area contributed by atoms with Gasteiger partial charge in [-0.15, -0.1) is 0 Å². The van der Waals surface area contributed by atoms with E-state index in [1.165, 1.54) is 0 Å². The van der Waals surface area contributed by atoms with E-state index in [0.717, 1.165) is 6.61 Å². The van der Waals surface area contributed by atoms with E-state index in [2.05, 4.69) is 19.2 Å². The number of hydrogen-bond acceptors (Lipinski definition) is 2. The van der Waals surface area contributed by atoms with Crippen molar-refractivity contribution in [1.82, 2.24) is 5.32 Å². The molecule has 2 heteroatoms. The van der Waals surface area contributed by atoms with Gasteiger partial charge in [0.25, 0.3) is 0 Å². The zero-order valence-electron chi connectivity index (χ0n) is 7.27. The van der Waals surface area contributed by atoms with Crippen LogP contribution in [0.3, 0.4) is 0 Å². The molecule has 2 nitrogen and oxygen atoms in total. The lowest BCUT2D eigenvalue weighted by atomic mass is 10.1. The number of ether oxygens (including phenoxy) is 1. The minimum atomic E-state index is 0.449. The van der Waals surface area contributed by atoms with E-state index in [-0.39, 0.29) is 0 Å². The average molecular weight is 143 g/mol. The molecule has 1 rings (SSSR count). The summed E-state index contributed by atoms with van der Waals surface area (Å²) in [4.78, 5) is 0. The molecule has 0 aromatic rings. The lowest BCUT2D eigenvalue weighted by Gasteiger charge is -1.99. The van der Waals surface area contributed by atoms with Crippen molar-refractivity contribution in [2.75, 3.05) is 20.8 Å². The molecular weight excluding hydrogens is 126 g/mol. The van der Waals surface area contributed by atoms with Gasteiger partial charge in [-0.25, -0.2) is 0 Å². The van der Waals surface area contributed by atoms with Crippen LogP contribution in [0, 0.1) is 11.3 Å². The van der Waals surface area contributed by atoms with Crippen LogP contribution in [-0.4, -0.2) is 26.8 Å². The van der Waals surface area contributed by atoms with Gasteiger partial charge in [0, 0.05) is 19.1 Å². The Balaban J connectivity index is 2.37. The lowest BCUT2D eigenvalue weighted by Crippen LogP contribution is -2.15. The molecule has 0 radical (unpaired) electrons. The van der Waals surface area contributed by atoms with Crippen LogP contribution in [0.25, 0.3) is 0 Å². The zero-order valence-corrected chi connectivity index (χ0v) is 7.27. The molecule has 0 heterocycles. The Labute approximate surface area is 63.0 Å². The first kappa shape index (κ1) is 8.02. The summed E-state index contributed by atoms with van der Waals surface area (Å²) >= 11 is 0. The van der Waals surface area contributed by atoms with Gasteiger partial charge in [0.2, 0.25) is 0 Å². The molecule has 0 bridgehead atoms. The first-order valence-electron chi connectivity index (χ1n) is 3.80. The van der Waals surface area contributed by atoms with E-state index >= 15 is 0 Å². The second-order valence-corrected chi connectivity index (χ2v) is 3.65. The molecular formula is C8H17NO. The summed E-state index contributed by atoms with van der Waals surface area (Å²) in [7, 11) is 3.78. The second-order valence-electron chi connectivity index (χ2n) is 3.65. The van der Waals surface area contributed by atoms with E-state index in [1.54, 1.807) is 7.11 Å². The van der Waals surface area contributed by atoms with Gasteiger partial charge >= 0.3 is 0 Å². The molecule has 0 spiro atoms. The second kappa shape index (κ2) is 2.51. The van der Waals surface area contributed by atoms with Gasteiger partial charge in [0.15, 0.2) is 0 Å². The van der Waals surface area contributed by atoms with Gasteiger partial charge in [0.05, 0.1) is 6.61 Å². The van der Waals surface area contributed by atoms with Gasteiger partial charge < -0.3 is 10.1 Å². The molecule has 0 aliphatic heterocycles. The molecule has 0 saturated heterocycles. The highest BCUT2D eigenvalue weighted by Crippen LogP contribution is 2.51. The zero-order chi connectivity index (χ0) is 7.78. The Morgan fingerprint density at radius 1 is 1.50 bits per heavy atom. The summed E-state index contributed by atoms with van der Waals surface area (Å²) in [5, 5.41) is 3.28. The van der Waals surface area contributed by atoms with Crippen molar-refractivity contribution in [3.05, 3.63) is 0 Å². The maximum absolute atomic E-state index is 5.09. The summed E-state index contributed by atoms with van der Waals surface area (Å²) in [6, 6.07) is 0.660. The maximum Gasteiger partial charge on any atom is 0.0511 e. The monoisotopic (exact) mass is 143 g/mol. The van der Waals surface area contributed by atoms with Gasteiger partial charge in [-0.05, 0) is 12.5 Å². The standard InChI is InChI=1S/C8H17NO/c1-8(2)6(5-10-4)7(8)9-3/h6-7,9H,5H2,1-4H3. The van der Waals surface area contributed by atoms with Crippen LogP contribution in [-0.2, 0) is 4.74 Å². The van der Waals surface area contributed by atoms with E-state index in [4.69, 9.17) is 4.74 Å². The Morgan fingerprint density at radius 2 is 2.10 bits per heavy atom. The SMILES string of the molecule is CNC1C(COC)C1(C)C. The molecule has 0 aromatic heterocycles. The normalized spacial score (nSPS) is 36.0. The van der Waals surface area contributed by atoms with Crippen LogP contribution >= 0.6 is 0 Å². The van der Waals surface area contributed by atoms with Crippen molar-refractivity contribution in [3.8, 4) is 0 Å². The quantitative estimate of drug-likeness (QED) is 0.633. The van der Waals surface area contributed by atoms with Gasteiger partial charge in [0.1, 0.15) is 0 Å². The van der Waals surface area contributed by atoms with Crippen molar-refractivity contribution in [3.63, 3.8) is 0 Å². The topological polar surface area (TPSA) is 21.3 Å². The molecule has 1 N–H and O–H groups in total. The van der Waals surface area contributed by atoms with E-state index in [9.17, 15) is 0 Å². The molecule has 1 aliphatic rings. The molecule has 1 aliphatic carbocycles. The van der Waals surface area contributed by atoms with E-state index < -0.39 is 0 Å². The molecule has 0 aromatic carbocycles. The Morgan fingerprint density at radius 3 is 2.40 bits per heavy atom. The summed E-state index contributed by atoms with van der Waals surface area (Å²) < 4.78 is 5.09. The fourth-order valence-electron chi connectivity index (χ4n) is 1.81. The first-order valence-corrected chi connectivity index (χ1v) is 3.80. The molecule has 2 atom stereocenters. The number of nitrogens with one attached hydrogen (secondary N) is 1. The summed E-state index contributed by atoms with van der Waals surface area (Å²) in [5.74, 6) is 0.711.